The molecule has 0 bridgehead atoms. The van der Waals surface area contributed by atoms with E-state index in [9.17, 15) is 19.8 Å². The van der Waals surface area contributed by atoms with Crippen molar-refractivity contribution < 1.29 is 29.3 Å². The van der Waals surface area contributed by atoms with Crippen LogP contribution in [-0.2, 0) is 20.7 Å². The van der Waals surface area contributed by atoms with Crippen molar-refractivity contribution >= 4 is 12.1 Å². The number of fused-ring (bicyclic) bond motifs is 3. The standard InChI is InChI=1S/C28H29NO6/c1-34-26(31)15-14-18-8-2-3-9-19(18)27(32)25(30)16-29-28(33)35-17-24-22-12-6-4-10-20(22)21-11-5-7-13-23(21)24/h2-13,24-25,27,30,32H,14-17H2,1H3,(H,29,33). The number of carbonyl (C=O) groups is 2. The van der Waals surface area contributed by atoms with E-state index < -0.39 is 18.3 Å². The van der Waals surface area contributed by atoms with Gasteiger partial charge in [-0.25, -0.2) is 4.79 Å². The molecule has 3 aromatic carbocycles. The molecule has 0 radical (unpaired) electrons. The van der Waals surface area contributed by atoms with Gasteiger partial charge >= 0.3 is 12.1 Å². The lowest BCUT2D eigenvalue weighted by atomic mass is 9.95. The number of esters is 1. The van der Waals surface area contributed by atoms with Crippen molar-refractivity contribution in [1.29, 1.82) is 0 Å². The summed E-state index contributed by atoms with van der Waals surface area (Å²) in [5, 5.41) is 23.7. The summed E-state index contributed by atoms with van der Waals surface area (Å²) in [6.07, 6.45) is -2.63. The van der Waals surface area contributed by atoms with Crippen LogP contribution < -0.4 is 5.32 Å². The van der Waals surface area contributed by atoms with Crippen LogP contribution in [0, 0.1) is 0 Å². The van der Waals surface area contributed by atoms with E-state index in [0.717, 1.165) is 27.8 Å². The Balaban J connectivity index is 1.32. The Labute approximate surface area is 204 Å². The number of alkyl carbamates (subject to hydrolysis) is 1. The number of ether oxygens (including phenoxy) is 2. The number of amides is 1. The molecule has 7 heteroatoms. The van der Waals surface area contributed by atoms with Crippen molar-refractivity contribution in [3.05, 3.63) is 95.1 Å². The third-order valence-corrected chi connectivity index (χ3v) is 6.36. The fourth-order valence-electron chi connectivity index (χ4n) is 4.55. The minimum atomic E-state index is -1.25. The van der Waals surface area contributed by atoms with Crippen LogP contribution in [-0.4, -0.2) is 48.6 Å². The highest BCUT2D eigenvalue weighted by atomic mass is 16.5. The number of methoxy groups -OCH3 is 1. The highest BCUT2D eigenvalue weighted by molar-refractivity contribution is 5.79. The quantitative estimate of drug-likeness (QED) is 0.408. The maximum atomic E-state index is 12.4. The Morgan fingerprint density at radius 1 is 0.914 bits per heavy atom. The lowest BCUT2D eigenvalue weighted by Crippen LogP contribution is -2.36. The van der Waals surface area contributed by atoms with Crippen molar-refractivity contribution in [2.24, 2.45) is 0 Å². The fourth-order valence-corrected chi connectivity index (χ4v) is 4.55. The molecule has 7 nitrogen and oxygen atoms in total. The van der Waals surface area contributed by atoms with Crippen LogP contribution in [0.15, 0.2) is 72.8 Å². The average molecular weight is 476 g/mol. The first-order valence-electron chi connectivity index (χ1n) is 11.6. The van der Waals surface area contributed by atoms with E-state index in [1.165, 1.54) is 7.11 Å². The first-order valence-corrected chi connectivity index (χ1v) is 11.6. The van der Waals surface area contributed by atoms with Gasteiger partial charge in [-0.15, -0.1) is 0 Å². The third kappa shape index (κ3) is 5.53. The van der Waals surface area contributed by atoms with Gasteiger partial charge in [0.25, 0.3) is 0 Å². The average Bonchev–Trinajstić information content (AvgIpc) is 3.22. The maximum absolute atomic E-state index is 12.4. The molecule has 0 spiro atoms. The summed E-state index contributed by atoms with van der Waals surface area (Å²) in [5.74, 6) is -0.419. The molecule has 0 saturated carbocycles. The molecule has 3 N–H and O–H groups in total. The number of aryl methyl sites for hydroxylation is 1. The van der Waals surface area contributed by atoms with Crippen LogP contribution in [0.3, 0.4) is 0 Å². The van der Waals surface area contributed by atoms with Crippen molar-refractivity contribution in [2.45, 2.75) is 31.0 Å². The lowest BCUT2D eigenvalue weighted by molar-refractivity contribution is -0.140. The highest BCUT2D eigenvalue weighted by Gasteiger charge is 2.29. The van der Waals surface area contributed by atoms with Crippen LogP contribution in [0.25, 0.3) is 11.1 Å². The largest absolute Gasteiger partial charge is 0.469 e. The Morgan fingerprint density at radius 2 is 1.51 bits per heavy atom. The molecule has 1 amide bonds. The summed E-state index contributed by atoms with van der Waals surface area (Å²) in [6, 6.07) is 23.1. The number of aliphatic hydroxyl groups is 2. The van der Waals surface area contributed by atoms with Crippen molar-refractivity contribution in [3.8, 4) is 11.1 Å². The molecule has 0 fully saturated rings. The van der Waals surface area contributed by atoms with E-state index in [1.54, 1.807) is 24.3 Å². The summed E-state index contributed by atoms with van der Waals surface area (Å²) < 4.78 is 10.2. The molecule has 3 aromatic rings. The van der Waals surface area contributed by atoms with Gasteiger partial charge in [0.1, 0.15) is 18.8 Å². The van der Waals surface area contributed by atoms with Gasteiger partial charge in [0, 0.05) is 18.9 Å². The summed E-state index contributed by atoms with van der Waals surface area (Å²) >= 11 is 0. The Hall–Kier alpha value is -3.68. The molecule has 1 aliphatic carbocycles. The summed E-state index contributed by atoms with van der Waals surface area (Å²) in [6.45, 7) is -0.0297. The van der Waals surface area contributed by atoms with Gasteiger partial charge in [-0.2, -0.15) is 0 Å². The number of aliphatic hydroxyl groups excluding tert-OH is 2. The first kappa shape index (κ1) is 24.4. The topological polar surface area (TPSA) is 105 Å². The molecular formula is C28H29NO6. The van der Waals surface area contributed by atoms with E-state index >= 15 is 0 Å². The van der Waals surface area contributed by atoms with Gasteiger partial charge in [0.05, 0.1) is 7.11 Å². The lowest BCUT2D eigenvalue weighted by Gasteiger charge is -2.21. The van der Waals surface area contributed by atoms with Gasteiger partial charge in [-0.05, 0) is 39.8 Å². The molecule has 0 heterocycles. The molecule has 0 aromatic heterocycles. The molecule has 2 unspecified atom stereocenters. The van der Waals surface area contributed by atoms with E-state index in [1.807, 2.05) is 36.4 Å². The van der Waals surface area contributed by atoms with Crippen LogP contribution in [0.1, 0.15) is 40.7 Å². The van der Waals surface area contributed by atoms with Crippen LogP contribution >= 0.6 is 0 Å². The maximum Gasteiger partial charge on any atom is 0.407 e. The van der Waals surface area contributed by atoms with E-state index in [0.29, 0.717) is 12.0 Å². The number of rotatable bonds is 9. The monoisotopic (exact) mass is 475 g/mol. The molecule has 4 rings (SSSR count). The van der Waals surface area contributed by atoms with Crippen molar-refractivity contribution in [1.82, 2.24) is 5.32 Å². The zero-order valence-electron chi connectivity index (χ0n) is 19.5. The molecule has 2 atom stereocenters. The number of hydrogen-bond donors (Lipinski definition) is 3. The second-order valence-corrected chi connectivity index (χ2v) is 8.49. The minimum Gasteiger partial charge on any atom is -0.469 e. The van der Waals surface area contributed by atoms with Crippen LogP contribution in [0.4, 0.5) is 4.79 Å². The molecule has 182 valence electrons. The number of benzene rings is 3. The zero-order valence-corrected chi connectivity index (χ0v) is 19.5. The van der Waals surface area contributed by atoms with E-state index in [-0.39, 0.29) is 31.5 Å². The van der Waals surface area contributed by atoms with Gasteiger partial charge in [0.15, 0.2) is 0 Å². The van der Waals surface area contributed by atoms with E-state index in [2.05, 4.69) is 22.2 Å². The Kier molecular flexibility index (Phi) is 7.80. The smallest absolute Gasteiger partial charge is 0.407 e. The Bertz CT molecular complexity index is 1150. The predicted octanol–water partition coefficient (Wildman–Crippen LogP) is 3.73. The highest BCUT2D eigenvalue weighted by Crippen LogP contribution is 2.44. The molecule has 0 aliphatic heterocycles. The van der Waals surface area contributed by atoms with Gasteiger partial charge < -0.3 is 25.0 Å². The predicted molar refractivity (Wildman–Crippen MR) is 131 cm³/mol. The van der Waals surface area contributed by atoms with E-state index in [4.69, 9.17) is 4.74 Å². The molecular weight excluding hydrogens is 446 g/mol. The third-order valence-electron chi connectivity index (χ3n) is 6.36. The fraction of sp³-hybridized carbons (Fsp3) is 0.286. The second-order valence-electron chi connectivity index (χ2n) is 8.49. The normalized spacial score (nSPS) is 13.9. The Morgan fingerprint density at radius 3 is 2.17 bits per heavy atom. The van der Waals surface area contributed by atoms with Gasteiger partial charge in [0.2, 0.25) is 0 Å². The molecule has 35 heavy (non-hydrogen) atoms. The van der Waals surface area contributed by atoms with Gasteiger partial charge in [-0.3, -0.25) is 4.79 Å². The minimum absolute atomic E-state index is 0.0645. The first-order chi connectivity index (χ1) is 17.0. The van der Waals surface area contributed by atoms with Crippen molar-refractivity contribution in [3.63, 3.8) is 0 Å². The zero-order chi connectivity index (χ0) is 24.8. The molecule has 0 saturated heterocycles. The second kappa shape index (κ2) is 11.2. The summed E-state index contributed by atoms with van der Waals surface area (Å²) in [7, 11) is 1.32. The van der Waals surface area contributed by atoms with Crippen LogP contribution in [0.2, 0.25) is 0 Å². The number of hydrogen-bond acceptors (Lipinski definition) is 6. The van der Waals surface area contributed by atoms with Crippen molar-refractivity contribution in [2.75, 3.05) is 20.3 Å². The number of carbonyl (C=O) groups excluding carboxylic acids is 2. The van der Waals surface area contributed by atoms with Crippen LogP contribution in [0.5, 0.6) is 0 Å². The SMILES string of the molecule is COC(=O)CCc1ccccc1C(O)C(O)CNC(=O)OCC1c2ccccc2-c2ccccc21. The number of nitrogens with one attached hydrogen (secondary N) is 1. The summed E-state index contributed by atoms with van der Waals surface area (Å²) in [5.41, 5.74) is 5.73. The molecule has 1 aliphatic rings. The van der Waals surface area contributed by atoms with Gasteiger partial charge in [-0.1, -0.05) is 72.8 Å². The summed E-state index contributed by atoms with van der Waals surface area (Å²) in [4.78, 5) is 23.9.